The standard InChI is InChI=1S/C22H20ClNO5/c1-27-17-7-5-16(6-8-17)24-13-19-14(4-9-21(25)28-2)10-15(23)11-18(19)20(24)12-22(26)29-3/h4-11,13H,12H2,1-3H3. The molecular weight excluding hydrogens is 394 g/mol. The maximum atomic E-state index is 12.1. The van der Waals surface area contributed by atoms with Crippen molar-refractivity contribution in [1.29, 1.82) is 0 Å². The van der Waals surface area contributed by atoms with Crippen LogP contribution in [-0.4, -0.2) is 37.8 Å². The Bertz CT molecular complexity index is 1080. The van der Waals surface area contributed by atoms with Crippen LogP contribution in [-0.2, 0) is 25.5 Å². The lowest BCUT2D eigenvalue weighted by Gasteiger charge is -2.10. The van der Waals surface area contributed by atoms with E-state index in [9.17, 15) is 9.59 Å². The molecule has 0 saturated heterocycles. The molecule has 1 heterocycles. The number of hydrogen-bond donors (Lipinski definition) is 0. The third-order valence-electron chi connectivity index (χ3n) is 4.53. The molecule has 3 rings (SSSR count). The number of fused-ring (bicyclic) bond motifs is 1. The average Bonchev–Trinajstić information content (AvgIpc) is 3.09. The molecule has 0 aliphatic rings. The molecule has 1 aromatic heterocycles. The highest BCUT2D eigenvalue weighted by molar-refractivity contribution is 6.31. The zero-order valence-electron chi connectivity index (χ0n) is 16.3. The Morgan fingerprint density at radius 1 is 1.03 bits per heavy atom. The number of halogens is 1. The van der Waals surface area contributed by atoms with Gasteiger partial charge in [-0.25, -0.2) is 4.79 Å². The molecule has 6 nitrogen and oxygen atoms in total. The van der Waals surface area contributed by atoms with Gasteiger partial charge in [-0.1, -0.05) is 11.6 Å². The van der Waals surface area contributed by atoms with Gasteiger partial charge >= 0.3 is 11.9 Å². The van der Waals surface area contributed by atoms with Gasteiger partial charge in [-0.2, -0.15) is 0 Å². The van der Waals surface area contributed by atoms with Gasteiger partial charge in [-0.15, -0.1) is 0 Å². The van der Waals surface area contributed by atoms with Crippen molar-refractivity contribution in [3.8, 4) is 11.4 Å². The summed E-state index contributed by atoms with van der Waals surface area (Å²) in [4.78, 5) is 23.6. The highest BCUT2D eigenvalue weighted by atomic mass is 35.5. The number of benzene rings is 2. The number of hydrogen-bond acceptors (Lipinski definition) is 5. The normalized spacial score (nSPS) is 11.0. The maximum Gasteiger partial charge on any atom is 0.330 e. The lowest BCUT2D eigenvalue weighted by Crippen LogP contribution is -2.09. The number of esters is 2. The van der Waals surface area contributed by atoms with E-state index in [0.717, 1.165) is 33.5 Å². The number of nitrogens with zero attached hydrogens (tertiary/aromatic N) is 1. The quantitative estimate of drug-likeness (QED) is 0.447. The molecule has 0 N–H and O–H groups in total. The van der Waals surface area contributed by atoms with Crippen molar-refractivity contribution in [3.63, 3.8) is 0 Å². The minimum absolute atomic E-state index is 0.0620. The maximum absolute atomic E-state index is 12.1. The van der Waals surface area contributed by atoms with E-state index < -0.39 is 5.97 Å². The van der Waals surface area contributed by atoms with E-state index in [1.807, 2.05) is 35.0 Å². The van der Waals surface area contributed by atoms with Gasteiger partial charge in [-0.05, 0) is 48.0 Å². The summed E-state index contributed by atoms with van der Waals surface area (Å²) in [6.07, 6.45) is 4.94. The Kier molecular flexibility index (Phi) is 6.24. The molecule has 0 fully saturated rings. The Hall–Kier alpha value is -3.25. The SMILES string of the molecule is COC(=O)C=Cc1cc(Cl)cc2c(CC(=O)OC)n(-c3ccc(OC)cc3)cc12. The van der Waals surface area contributed by atoms with E-state index in [1.54, 1.807) is 25.3 Å². The molecule has 0 spiro atoms. The summed E-state index contributed by atoms with van der Waals surface area (Å²) in [5.74, 6) is -0.112. The minimum atomic E-state index is -0.470. The molecule has 0 radical (unpaired) electrons. The summed E-state index contributed by atoms with van der Waals surface area (Å²) in [5, 5.41) is 2.12. The third-order valence-corrected chi connectivity index (χ3v) is 4.75. The van der Waals surface area contributed by atoms with Gasteiger partial charge < -0.3 is 18.8 Å². The molecule has 7 heteroatoms. The number of rotatable bonds is 6. The van der Waals surface area contributed by atoms with Crippen LogP contribution in [0.3, 0.4) is 0 Å². The van der Waals surface area contributed by atoms with E-state index in [0.29, 0.717) is 5.02 Å². The molecule has 0 saturated carbocycles. The van der Waals surface area contributed by atoms with Crippen molar-refractivity contribution < 1.29 is 23.8 Å². The molecule has 3 aromatic rings. The third kappa shape index (κ3) is 4.43. The summed E-state index contributed by atoms with van der Waals surface area (Å²) in [6, 6.07) is 11.0. The van der Waals surface area contributed by atoms with Crippen LogP contribution in [0.1, 0.15) is 11.3 Å². The van der Waals surface area contributed by atoms with E-state index in [2.05, 4.69) is 4.74 Å². The van der Waals surface area contributed by atoms with Crippen LogP contribution in [0.4, 0.5) is 0 Å². The van der Waals surface area contributed by atoms with Crippen LogP contribution in [0.2, 0.25) is 5.02 Å². The molecule has 0 atom stereocenters. The van der Waals surface area contributed by atoms with Crippen LogP contribution in [0.25, 0.3) is 22.5 Å². The van der Waals surface area contributed by atoms with E-state index in [4.69, 9.17) is 21.1 Å². The highest BCUT2D eigenvalue weighted by Crippen LogP contribution is 2.32. The fraction of sp³-hybridized carbons (Fsp3) is 0.182. The van der Waals surface area contributed by atoms with Gasteiger partial charge in [0.2, 0.25) is 0 Å². The summed E-state index contributed by atoms with van der Waals surface area (Å²) < 4.78 is 16.7. The Labute approximate surface area is 173 Å². The molecular formula is C22H20ClNO5. The van der Waals surface area contributed by atoms with Crippen molar-refractivity contribution in [3.05, 3.63) is 65.0 Å². The zero-order valence-corrected chi connectivity index (χ0v) is 17.0. The van der Waals surface area contributed by atoms with Crippen LogP contribution >= 0.6 is 11.6 Å². The van der Waals surface area contributed by atoms with Crippen LogP contribution in [0.5, 0.6) is 5.75 Å². The first-order valence-electron chi connectivity index (χ1n) is 8.77. The van der Waals surface area contributed by atoms with Gasteiger partial charge in [0.25, 0.3) is 0 Å². The van der Waals surface area contributed by atoms with Crippen molar-refractivity contribution >= 4 is 40.4 Å². The predicted octanol–water partition coefficient (Wildman–Crippen LogP) is 4.19. The molecule has 0 bridgehead atoms. The van der Waals surface area contributed by atoms with Crippen LogP contribution < -0.4 is 4.74 Å². The van der Waals surface area contributed by atoms with Gasteiger partial charge in [-0.3, -0.25) is 4.79 Å². The van der Waals surface area contributed by atoms with Crippen LogP contribution in [0.15, 0.2) is 48.7 Å². The lowest BCUT2D eigenvalue weighted by atomic mass is 10.1. The fourth-order valence-corrected chi connectivity index (χ4v) is 3.31. The Morgan fingerprint density at radius 3 is 2.38 bits per heavy atom. The molecule has 150 valence electrons. The zero-order chi connectivity index (χ0) is 21.0. The predicted molar refractivity (Wildman–Crippen MR) is 112 cm³/mol. The molecule has 29 heavy (non-hydrogen) atoms. The second-order valence-electron chi connectivity index (χ2n) is 6.21. The molecule has 2 aromatic carbocycles. The average molecular weight is 414 g/mol. The smallest absolute Gasteiger partial charge is 0.330 e. The molecule has 0 aliphatic heterocycles. The molecule has 0 amide bonds. The number of carbonyl (C=O) groups is 2. The van der Waals surface area contributed by atoms with Gasteiger partial charge in [0.15, 0.2) is 0 Å². The molecule has 0 aliphatic carbocycles. The Morgan fingerprint density at radius 2 is 1.76 bits per heavy atom. The lowest BCUT2D eigenvalue weighted by molar-refractivity contribution is -0.140. The van der Waals surface area contributed by atoms with Crippen molar-refractivity contribution in [2.45, 2.75) is 6.42 Å². The van der Waals surface area contributed by atoms with E-state index >= 15 is 0 Å². The van der Waals surface area contributed by atoms with Crippen molar-refractivity contribution in [2.75, 3.05) is 21.3 Å². The fourth-order valence-electron chi connectivity index (χ4n) is 3.08. The van der Waals surface area contributed by atoms with E-state index in [-0.39, 0.29) is 12.4 Å². The summed E-state index contributed by atoms with van der Waals surface area (Å²) in [5.41, 5.74) is 2.31. The molecule has 0 unspecified atom stereocenters. The first-order valence-corrected chi connectivity index (χ1v) is 9.15. The number of carbonyl (C=O) groups excluding carboxylic acids is 2. The van der Waals surface area contributed by atoms with E-state index in [1.165, 1.54) is 20.3 Å². The topological polar surface area (TPSA) is 66.8 Å². The second kappa shape index (κ2) is 8.84. The van der Waals surface area contributed by atoms with Crippen molar-refractivity contribution in [2.24, 2.45) is 0 Å². The number of methoxy groups -OCH3 is 3. The highest BCUT2D eigenvalue weighted by Gasteiger charge is 2.17. The van der Waals surface area contributed by atoms with Crippen LogP contribution in [0, 0.1) is 0 Å². The Balaban J connectivity index is 2.23. The number of aromatic nitrogens is 1. The first kappa shape index (κ1) is 20.5. The second-order valence-corrected chi connectivity index (χ2v) is 6.65. The van der Waals surface area contributed by atoms with Gasteiger partial charge in [0.05, 0.1) is 27.8 Å². The van der Waals surface area contributed by atoms with Gasteiger partial charge in [0.1, 0.15) is 5.75 Å². The first-order chi connectivity index (χ1) is 14.0. The monoisotopic (exact) mass is 413 g/mol. The summed E-state index contributed by atoms with van der Waals surface area (Å²) in [6.45, 7) is 0. The minimum Gasteiger partial charge on any atom is -0.497 e. The summed E-state index contributed by atoms with van der Waals surface area (Å²) in [7, 11) is 4.26. The van der Waals surface area contributed by atoms with Gasteiger partial charge in [0, 0.05) is 39.4 Å². The number of ether oxygens (including phenoxy) is 3. The largest absolute Gasteiger partial charge is 0.497 e. The van der Waals surface area contributed by atoms with Crippen molar-refractivity contribution in [1.82, 2.24) is 4.57 Å². The summed E-state index contributed by atoms with van der Waals surface area (Å²) >= 11 is 6.32.